The molecule has 0 aliphatic heterocycles. The molecule has 0 N–H and O–H groups in total. The first-order valence-corrected chi connectivity index (χ1v) is 3.45. The smallest absolute Gasteiger partial charge is 0.252 e. The molecule has 1 aromatic rings. The largest absolute Gasteiger partial charge is 0.366 e. The van der Waals surface area contributed by atoms with Gasteiger partial charge >= 0.3 is 5.38 Å². The van der Waals surface area contributed by atoms with Gasteiger partial charge in [-0.3, -0.25) is 4.98 Å². The minimum Gasteiger partial charge on any atom is -0.252 e. The normalized spacial score (nSPS) is 11.6. The van der Waals surface area contributed by atoms with Gasteiger partial charge in [-0.15, -0.1) is 0 Å². The molecular formula is C6H3Cl2F2N. The summed E-state index contributed by atoms with van der Waals surface area (Å²) in [7, 11) is 0. The molecule has 0 unspecified atom stereocenters. The van der Waals surface area contributed by atoms with Crippen molar-refractivity contribution in [2.45, 2.75) is 5.38 Å². The van der Waals surface area contributed by atoms with Gasteiger partial charge in [-0.05, 0) is 23.7 Å². The molecule has 0 spiro atoms. The third-order valence-corrected chi connectivity index (χ3v) is 1.51. The van der Waals surface area contributed by atoms with Crippen molar-refractivity contribution in [3.05, 3.63) is 29.0 Å². The van der Waals surface area contributed by atoms with Gasteiger partial charge in [0, 0.05) is 6.20 Å². The van der Waals surface area contributed by atoms with Crippen LogP contribution in [0.1, 0.15) is 5.69 Å². The van der Waals surface area contributed by atoms with Crippen LogP contribution in [-0.2, 0) is 5.38 Å². The summed E-state index contributed by atoms with van der Waals surface area (Å²) in [6, 6.07) is 2.76. The number of rotatable bonds is 1. The van der Waals surface area contributed by atoms with Crippen LogP contribution in [0.3, 0.4) is 0 Å². The zero-order chi connectivity index (χ0) is 8.48. The monoisotopic (exact) mass is 197 g/mol. The molecule has 5 heteroatoms. The number of halogens is 4. The molecule has 1 rings (SSSR count). The zero-order valence-electron chi connectivity index (χ0n) is 5.19. The second-order valence-corrected chi connectivity index (χ2v) is 2.71. The second kappa shape index (κ2) is 2.91. The van der Waals surface area contributed by atoms with Crippen LogP contribution in [0.2, 0.25) is 5.02 Å². The molecular weight excluding hydrogens is 195 g/mol. The third-order valence-electron chi connectivity index (χ3n) is 1.03. The summed E-state index contributed by atoms with van der Waals surface area (Å²) >= 11 is 10.1. The van der Waals surface area contributed by atoms with Gasteiger partial charge in [0.1, 0.15) is 5.69 Å². The molecule has 0 fully saturated rings. The van der Waals surface area contributed by atoms with Gasteiger partial charge in [0.05, 0.1) is 5.02 Å². The minimum absolute atomic E-state index is 0.132. The Labute approximate surface area is 72.0 Å². The lowest BCUT2D eigenvalue weighted by atomic mass is 10.3. The van der Waals surface area contributed by atoms with Crippen molar-refractivity contribution >= 4 is 23.2 Å². The van der Waals surface area contributed by atoms with Gasteiger partial charge in [0.15, 0.2) is 0 Å². The van der Waals surface area contributed by atoms with E-state index in [1.54, 1.807) is 0 Å². The SMILES string of the molecule is FC(F)(Cl)c1ncccc1Cl. The maximum Gasteiger partial charge on any atom is 0.366 e. The van der Waals surface area contributed by atoms with E-state index in [9.17, 15) is 8.78 Å². The second-order valence-electron chi connectivity index (χ2n) is 1.83. The summed E-state index contributed by atoms with van der Waals surface area (Å²) in [5.41, 5.74) is -0.608. The highest BCUT2D eigenvalue weighted by Crippen LogP contribution is 2.34. The highest BCUT2D eigenvalue weighted by atomic mass is 35.5. The van der Waals surface area contributed by atoms with Gasteiger partial charge in [-0.25, -0.2) is 0 Å². The van der Waals surface area contributed by atoms with E-state index in [1.165, 1.54) is 18.3 Å². The number of aromatic nitrogens is 1. The van der Waals surface area contributed by atoms with Crippen LogP contribution in [0.15, 0.2) is 18.3 Å². The van der Waals surface area contributed by atoms with Crippen molar-refractivity contribution < 1.29 is 8.78 Å². The Hall–Kier alpha value is -0.410. The standard InChI is InChI=1S/C6H3Cl2F2N/c7-4-2-1-3-11-5(4)6(8,9)10/h1-3H. The molecule has 1 nitrogen and oxygen atoms in total. The van der Waals surface area contributed by atoms with E-state index >= 15 is 0 Å². The van der Waals surface area contributed by atoms with Gasteiger partial charge in [0.25, 0.3) is 0 Å². The minimum atomic E-state index is -3.49. The Morgan fingerprint density at radius 1 is 1.45 bits per heavy atom. The quantitative estimate of drug-likeness (QED) is 0.632. The summed E-state index contributed by atoms with van der Waals surface area (Å²) in [5, 5.41) is -3.62. The fourth-order valence-electron chi connectivity index (χ4n) is 0.594. The van der Waals surface area contributed by atoms with Gasteiger partial charge in [-0.2, -0.15) is 8.78 Å². The van der Waals surface area contributed by atoms with Crippen LogP contribution < -0.4 is 0 Å². The summed E-state index contributed by atoms with van der Waals surface area (Å²) in [6.45, 7) is 0. The van der Waals surface area contributed by atoms with Crippen molar-refractivity contribution in [3.8, 4) is 0 Å². The third kappa shape index (κ3) is 2.01. The number of pyridine rings is 1. The van der Waals surface area contributed by atoms with E-state index < -0.39 is 11.1 Å². The van der Waals surface area contributed by atoms with E-state index in [-0.39, 0.29) is 5.02 Å². The average Bonchev–Trinajstić information content (AvgIpc) is 1.86. The maximum absolute atomic E-state index is 12.3. The van der Waals surface area contributed by atoms with E-state index in [4.69, 9.17) is 11.6 Å². The predicted molar refractivity (Wildman–Crippen MR) is 39.0 cm³/mol. The zero-order valence-corrected chi connectivity index (χ0v) is 6.70. The molecule has 0 atom stereocenters. The number of hydrogen-bond acceptors (Lipinski definition) is 1. The van der Waals surface area contributed by atoms with Crippen LogP contribution in [0.25, 0.3) is 0 Å². The first kappa shape index (κ1) is 8.68. The molecule has 0 aliphatic carbocycles. The van der Waals surface area contributed by atoms with E-state index in [1.807, 2.05) is 0 Å². The molecule has 0 saturated heterocycles. The molecule has 0 aromatic carbocycles. The molecule has 0 aliphatic rings. The van der Waals surface area contributed by atoms with Gasteiger partial charge < -0.3 is 0 Å². The van der Waals surface area contributed by atoms with E-state index in [0.717, 1.165) is 0 Å². The van der Waals surface area contributed by atoms with Crippen LogP contribution in [-0.4, -0.2) is 4.98 Å². The number of hydrogen-bond donors (Lipinski definition) is 0. The molecule has 0 radical (unpaired) electrons. The molecule has 1 aromatic heterocycles. The van der Waals surface area contributed by atoms with Crippen molar-refractivity contribution in [2.24, 2.45) is 0 Å². The number of alkyl halides is 3. The molecule has 0 amide bonds. The number of nitrogens with zero attached hydrogens (tertiary/aromatic N) is 1. The highest BCUT2D eigenvalue weighted by Gasteiger charge is 2.31. The lowest BCUT2D eigenvalue weighted by Gasteiger charge is -2.07. The maximum atomic E-state index is 12.3. The summed E-state index contributed by atoms with van der Waals surface area (Å²) in [5.74, 6) is 0. The fraction of sp³-hybridized carbons (Fsp3) is 0.167. The van der Waals surface area contributed by atoms with Gasteiger partial charge in [0.2, 0.25) is 0 Å². The van der Waals surface area contributed by atoms with Crippen molar-refractivity contribution in [3.63, 3.8) is 0 Å². The van der Waals surface area contributed by atoms with Gasteiger partial charge in [-0.1, -0.05) is 11.6 Å². The van der Waals surface area contributed by atoms with Crippen molar-refractivity contribution in [1.82, 2.24) is 4.98 Å². The molecule has 0 bridgehead atoms. The Morgan fingerprint density at radius 2 is 2.09 bits per heavy atom. The topological polar surface area (TPSA) is 12.9 Å². The summed E-state index contributed by atoms with van der Waals surface area (Å²) in [6.07, 6.45) is 1.21. The van der Waals surface area contributed by atoms with Crippen LogP contribution in [0.5, 0.6) is 0 Å². The predicted octanol–water partition coefficient (Wildman–Crippen LogP) is 3.02. The Morgan fingerprint density at radius 3 is 2.45 bits per heavy atom. The Balaban J connectivity index is 3.14. The summed E-state index contributed by atoms with van der Waals surface area (Å²) < 4.78 is 24.7. The van der Waals surface area contributed by atoms with E-state index in [2.05, 4.69) is 16.6 Å². The van der Waals surface area contributed by atoms with Crippen LogP contribution >= 0.6 is 23.2 Å². The van der Waals surface area contributed by atoms with Crippen LogP contribution in [0, 0.1) is 0 Å². The van der Waals surface area contributed by atoms with E-state index in [0.29, 0.717) is 0 Å². The average molecular weight is 198 g/mol. The Kier molecular flexibility index (Phi) is 2.30. The van der Waals surface area contributed by atoms with Crippen molar-refractivity contribution in [2.75, 3.05) is 0 Å². The lowest BCUT2D eigenvalue weighted by Crippen LogP contribution is -2.06. The summed E-state index contributed by atoms with van der Waals surface area (Å²) in [4.78, 5) is 3.34. The lowest BCUT2D eigenvalue weighted by molar-refractivity contribution is 0.0901. The molecule has 11 heavy (non-hydrogen) atoms. The molecule has 1 heterocycles. The first-order valence-electron chi connectivity index (χ1n) is 2.69. The van der Waals surface area contributed by atoms with Crippen molar-refractivity contribution in [1.29, 1.82) is 0 Å². The highest BCUT2D eigenvalue weighted by molar-refractivity contribution is 6.32. The molecule has 60 valence electrons. The Bertz CT molecular complexity index is 259. The molecule has 0 saturated carbocycles. The van der Waals surface area contributed by atoms with Crippen LogP contribution in [0.4, 0.5) is 8.78 Å². The first-order chi connectivity index (χ1) is 5.02. The fourth-order valence-corrected chi connectivity index (χ4v) is 1.03.